The van der Waals surface area contributed by atoms with E-state index in [9.17, 15) is 18.0 Å². The van der Waals surface area contributed by atoms with E-state index in [-0.39, 0.29) is 11.4 Å². The summed E-state index contributed by atoms with van der Waals surface area (Å²) in [5, 5.41) is 0.716. The number of fused-ring (bicyclic) bond motifs is 2. The molecule has 8 heteroatoms. The molecule has 0 saturated heterocycles. The molecule has 0 atom stereocenters. The summed E-state index contributed by atoms with van der Waals surface area (Å²) in [6.45, 7) is 0.644. The van der Waals surface area contributed by atoms with Crippen LogP contribution in [0.3, 0.4) is 0 Å². The van der Waals surface area contributed by atoms with Gasteiger partial charge >= 0.3 is 6.18 Å². The molecule has 3 N–H and O–H groups in total. The van der Waals surface area contributed by atoms with Gasteiger partial charge in [-0.05, 0) is 53.9 Å². The monoisotopic (exact) mass is 437 g/mol. The number of rotatable bonds is 3. The van der Waals surface area contributed by atoms with Crippen LogP contribution >= 0.6 is 0 Å². The van der Waals surface area contributed by atoms with E-state index in [1.54, 1.807) is 18.2 Å². The first kappa shape index (κ1) is 20.1. The van der Waals surface area contributed by atoms with E-state index in [4.69, 9.17) is 10.6 Å². The summed E-state index contributed by atoms with van der Waals surface area (Å²) in [6, 6.07) is 17.6. The van der Waals surface area contributed by atoms with E-state index in [0.717, 1.165) is 29.7 Å². The van der Waals surface area contributed by atoms with Crippen molar-refractivity contribution >= 4 is 16.8 Å². The zero-order valence-electron chi connectivity index (χ0n) is 16.7. The summed E-state index contributed by atoms with van der Waals surface area (Å²) >= 11 is 0. The van der Waals surface area contributed by atoms with Crippen LogP contribution in [0.15, 0.2) is 66.7 Å². The van der Waals surface area contributed by atoms with Crippen LogP contribution in [-0.2, 0) is 12.6 Å². The molecule has 0 fully saturated rings. The molecule has 0 bridgehead atoms. The Hall–Kier alpha value is -3.78. The van der Waals surface area contributed by atoms with Crippen molar-refractivity contribution in [2.24, 2.45) is 5.73 Å². The fourth-order valence-corrected chi connectivity index (χ4v) is 4.20. The van der Waals surface area contributed by atoms with E-state index >= 15 is 0 Å². The van der Waals surface area contributed by atoms with Gasteiger partial charge in [0.15, 0.2) is 0 Å². The van der Waals surface area contributed by atoms with Crippen molar-refractivity contribution in [2.75, 3.05) is 6.54 Å². The van der Waals surface area contributed by atoms with E-state index < -0.39 is 17.6 Å². The fourth-order valence-electron chi connectivity index (χ4n) is 4.20. The lowest BCUT2D eigenvalue weighted by Gasteiger charge is -2.18. The fraction of sp³-hybridized carbons (Fsp3) is 0.125. The number of para-hydroxylation sites is 1. The number of nitrogens with zero attached hydrogens (tertiary/aromatic N) is 1. The number of nitrogens with two attached hydrogens (primary N) is 1. The Kier molecular flexibility index (Phi) is 4.67. The quantitative estimate of drug-likeness (QED) is 0.481. The van der Waals surface area contributed by atoms with Gasteiger partial charge in [0.1, 0.15) is 11.4 Å². The van der Waals surface area contributed by atoms with Crippen molar-refractivity contribution in [1.82, 2.24) is 10.0 Å². The van der Waals surface area contributed by atoms with Crippen LogP contribution in [0.5, 0.6) is 5.75 Å². The van der Waals surface area contributed by atoms with Crippen LogP contribution in [0.25, 0.3) is 27.7 Å². The third-order valence-electron chi connectivity index (χ3n) is 5.57. The third-order valence-corrected chi connectivity index (χ3v) is 5.57. The van der Waals surface area contributed by atoms with Gasteiger partial charge in [-0.15, -0.1) is 0 Å². The molecule has 1 aliphatic rings. The SMILES string of the molecule is NC(=O)c1c(-c2ccc3c(c2)CCNO3)c2ccccc2n1-c1cccc(C(F)(F)F)c1. The molecule has 5 nitrogen and oxygen atoms in total. The molecular weight excluding hydrogens is 419 g/mol. The van der Waals surface area contributed by atoms with Crippen molar-refractivity contribution in [3.05, 3.63) is 83.6 Å². The van der Waals surface area contributed by atoms with Gasteiger partial charge in [0, 0.05) is 23.2 Å². The molecular formula is C24H18F3N3O2. The molecule has 0 radical (unpaired) electrons. The molecule has 32 heavy (non-hydrogen) atoms. The van der Waals surface area contributed by atoms with Gasteiger partial charge in [-0.3, -0.25) is 4.79 Å². The van der Waals surface area contributed by atoms with Gasteiger partial charge in [0.25, 0.3) is 5.91 Å². The van der Waals surface area contributed by atoms with E-state index in [1.807, 2.05) is 24.3 Å². The zero-order valence-corrected chi connectivity index (χ0v) is 16.7. The molecule has 1 amide bonds. The number of carbonyl (C=O) groups excluding carboxylic acids is 1. The van der Waals surface area contributed by atoms with Crippen LogP contribution in [-0.4, -0.2) is 17.0 Å². The summed E-state index contributed by atoms with van der Waals surface area (Å²) in [6.07, 6.45) is -3.78. The van der Waals surface area contributed by atoms with Crippen molar-refractivity contribution in [3.63, 3.8) is 0 Å². The Labute approximate surface area is 181 Å². The highest BCUT2D eigenvalue weighted by molar-refractivity contribution is 6.10. The van der Waals surface area contributed by atoms with Crippen LogP contribution < -0.4 is 16.1 Å². The molecule has 3 aromatic carbocycles. The van der Waals surface area contributed by atoms with Gasteiger partial charge in [-0.25, -0.2) is 0 Å². The van der Waals surface area contributed by atoms with Crippen LogP contribution in [0.2, 0.25) is 0 Å². The van der Waals surface area contributed by atoms with Crippen molar-refractivity contribution in [3.8, 4) is 22.6 Å². The third kappa shape index (κ3) is 3.29. The molecule has 1 aromatic heterocycles. The lowest BCUT2D eigenvalue weighted by atomic mass is 9.97. The van der Waals surface area contributed by atoms with Gasteiger partial charge in [-0.1, -0.05) is 30.3 Å². The highest BCUT2D eigenvalue weighted by Gasteiger charge is 2.31. The van der Waals surface area contributed by atoms with Gasteiger partial charge in [0.05, 0.1) is 11.1 Å². The highest BCUT2D eigenvalue weighted by Crippen LogP contribution is 2.39. The number of carbonyl (C=O) groups is 1. The van der Waals surface area contributed by atoms with E-state index in [0.29, 0.717) is 28.8 Å². The second-order valence-electron chi connectivity index (χ2n) is 7.56. The normalized spacial score (nSPS) is 13.6. The number of halogens is 3. The molecule has 0 saturated carbocycles. The summed E-state index contributed by atoms with van der Waals surface area (Å²) in [5.74, 6) is -0.0357. The zero-order chi connectivity index (χ0) is 22.5. The van der Waals surface area contributed by atoms with Crippen LogP contribution in [0, 0.1) is 0 Å². The molecule has 0 unspecified atom stereocenters. The second kappa shape index (κ2) is 7.42. The average Bonchev–Trinajstić information content (AvgIpc) is 3.14. The summed E-state index contributed by atoms with van der Waals surface area (Å²) in [4.78, 5) is 18.1. The number of hydrogen-bond donors (Lipinski definition) is 2. The maximum atomic E-state index is 13.4. The van der Waals surface area contributed by atoms with Gasteiger partial charge in [-0.2, -0.15) is 18.7 Å². The Morgan fingerprint density at radius 2 is 1.84 bits per heavy atom. The number of hydrogen-bond acceptors (Lipinski definition) is 3. The number of primary amides is 1. The summed E-state index contributed by atoms with van der Waals surface area (Å²) in [5.41, 5.74) is 11.0. The van der Waals surface area contributed by atoms with E-state index in [1.165, 1.54) is 16.7 Å². The minimum absolute atomic E-state index is 0.125. The second-order valence-corrected chi connectivity index (χ2v) is 7.56. The molecule has 4 aromatic rings. The minimum atomic E-state index is -4.51. The predicted molar refractivity (Wildman–Crippen MR) is 115 cm³/mol. The molecule has 0 aliphatic carbocycles. The van der Waals surface area contributed by atoms with Crippen molar-refractivity contribution in [1.29, 1.82) is 0 Å². The first-order valence-corrected chi connectivity index (χ1v) is 9.98. The van der Waals surface area contributed by atoms with Crippen LogP contribution in [0.1, 0.15) is 21.6 Å². The van der Waals surface area contributed by atoms with Crippen molar-refractivity contribution < 1.29 is 22.8 Å². The Bertz CT molecular complexity index is 1360. The molecule has 0 spiro atoms. The van der Waals surface area contributed by atoms with Gasteiger partial charge in [0.2, 0.25) is 0 Å². The number of aromatic nitrogens is 1. The van der Waals surface area contributed by atoms with Crippen LogP contribution in [0.4, 0.5) is 13.2 Å². The first-order valence-electron chi connectivity index (χ1n) is 9.98. The largest absolute Gasteiger partial charge is 0.416 e. The average molecular weight is 437 g/mol. The predicted octanol–water partition coefficient (Wildman–Crippen LogP) is 4.85. The molecule has 5 rings (SSSR count). The topological polar surface area (TPSA) is 69.3 Å². The Balaban J connectivity index is 1.82. The van der Waals surface area contributed by atoms with E-state index in [2.05, 4.69) is 5.48 Å². The maximum absolute atomic E-state index is 13.4. The standard InChI is InChI=1S/C24H18F3N3O2/c25-24(26,27)16-4-3-5-17(13-16)30-19-7-2-1-6-18(19)21(22(30)23(28)31)15-8-9-20-14(12-15)10-11-29-32-20/h1-9,12-13,29H,10-11H2,(H2,28,31). The summed E-state index contributed by atoms with van der Waals surface area (Å²) < 4.78 is 41.6. The highest BCUT2D eigenvalue weighted by atomic mass is 19.4. The van der Waals surface area contributed by atoms with Crippen molar-refractivity contribution in [2.45, 2.75) is 12.6 Å². The smallest absolute Gasteiger partial charge is 0.408 e. The number of nitrogens with one attached hydrogen (secondary N) is 1. The molecule has 1 aliphatic heterocycles. The minimum Gasteiger partial charge on any atom is -0.408 e. The first-order chi connectivity index (χ1) is 15.3. The lowest BCUT2D eigenvalue weighted by molar-refractivity contribution is -0.137. The molecule has 2 heterocycles. The summed E-state index contributed by atoms with van der Waals surface area (Å²) in [7, 11) is 0. The van der Waals surface area contributed by atoms with Gasteiger partial charge < -0.3 is 15.1 Å². The molecule has 162 valence electrons. The Morgan fingerprint density at radius 3 is 2.62 bits per heavy atom. The number of amides is 1. The lowest BCUT2D eigenvalue weighted by Crippen LogP contribution is -2.26. The number of benzene rings is 3. The maximum Gasteiger partial charge on any atom is 0.416 e. The number of hydroxylamine groups is 1. The Morgan fingerprint density at radius 1 is 1.03 bits per heavy atom. The number of alkyl halides is 3.